The number of rotatable bonds is 5. The SMILES string of the molecule is COc1ccccc1-c1nc(S(=O)(=O)c2ccc(C)cc2)c(N2CCN(C(C)=O)CC2)o1. The van der Waals surface area contributed by atoms with E-state index in [9.17, 15) is 13.2 Å². The number of aryl methyl sites for hydroxylation is 1. The van der Waals surface area contributed by atoms with E-state index in [2.05, 4.69) is 4.98 Å². The first kappa shape index (κ1) is 21.9. The molecule has 8 nitrogen and oxygen atoms in total. The summed E-state index contributed by atoms with van der Waals surface area (Å²) in [7, 11) is -2.40. The minimum atomic E-state index is -3.94. The lowest BCUT2D eigenvalue weighted by Crippen LogP contribution is -2.48. The quantitative estimate of drug-likeness (QED) is 0.583. The Kier molecular flexibility index (Phi) is 5.92. The van der Waals surface area contributed by atoms with Gasteiger partial charge in [-0.1, -0.05) is 29.8 Å². The normalized spacial score (nSPS) is 14.5. The largest absolute Gasteiger partial charge is 0.496 e. The molecule has 0 radical (unpaired) electrons. The summed E-state index contributed by atoms with van der Waals surface area (Å²) in [5, 5.41) is -0.140. The van der Waals surface area contributed by atoms with Gasteiger partial charge in [0.1, 0.15) is 5.75 Å². The Morgan fingerprint density at radius 1 is 1.03 bits per heavy atom. The summed E-state index contributed by atoms with van der Waals surface area (Å²) in [6, 6.07) is 13.8. The van der Waals surface area contributed by atoms with Gasteiger partial charge in [0.15, 0.2) is 0 Å². The molecule has 1 aliphatic heterocycles. The first-order valence-corrected chi connectivity index (χ1v) is 11.8. The monoisotopic (exact) mass is 455 g/mol. The van der Waals surface area contributed by atoms with Crippen molar-refractivity contribution < 1.29 is 22.4 Å². The molecule has 0 spiro atoms. The topological polar surface area (TPSA) is 93.0 Å². The number of piperazine rings is 1. The lowest BCUT2D eigenvalue weighted by molar-refractivity contribution is -0.129. The highest BCUT2D eigenvalue weighted by Gasteiger charge is 2.33. The summed E-state index contributed by atoms with van der Waals surface area (Å²) in [5.41, 5.74) is 1.52. The Morgan fingerprint density at radius 3 is 2.31 bits per heavy atom. The van der Waals surface area contributed by atoms with Gasteiger partial charge in [0.05, 0.1) is 17.6 Å². The Morgan fingerprint density at radius 2 is 1.69 bits per heavy atom. The zero-order valence-electron chi connectivity index (χ0n) is 18.2. The Hall–Kier alpha value is -3.33. The average molecular weight is 456 g/mol. The second-order valence-electron chi connectivity index (χ2n) is 7.64. The molecule has 1 amide bonds. The van der Waals surface area contributed by atoms with Crippen LogP contribution in [0.4, 0.5) is 5.88 Å². The van der Waals surface area contributed by atoms with Crippen LogP contribution in [-0.4, -0.2) is 57.5 Å². The average Bonchev–Trinajstić information content (AvgIpc) is 3.25. The molecule has 1 aromatic heterocycles. The molecule has 0 saturated carbocycles. The van der Waals surface area contributed by atoms with Crippen molar-refractivity contribution in [2.75, 3.05) is 38.2 Å². The Balaban J connectivity index is 1.81. The van der Waals surface area contributed by atoms with Gasteiger partial charge in [-0.25, -0.2) is 8.42 Å². The minimum Gasteiger partial charge on any atom is -0.496 e. The lowest BCUT2D eigenvalue weighted by atomic mass is 10.2. The van der Waals surface area contributed by atoms with Crippen LogP contribution in [0, 0.1) is 6.92 Å². The minimum absolute atomic E-state index is 0.00979. The first-order chi connectivity index (χ1) is 15.3. The van der Waals surface area contributed by atoms with Crippen molar-refractivity contribution in [2.45, 2.75) is 23.8 Å². The highest BCUT2D eigenvalue weighted by atomic mass is 32.2. The van der Waals surface area contributed by atoms with Gasteiger partial charge in [-0.15, -0.1) is 0 Å². The van der Waals surface area contributed by atoms with Gasteiger partial charge in [-0.3, -0.25) is 4.79 Å². The molecule has 0 bridgehead atoms. The van der Waals surface area contributed by atoms with E-state index in [0.29, 0.717) is 37.5 Å². The summed E-state index contributed by atoms with van der Waals surface area (Å²) < 4.78 is 38.5. The van der Waals surface area contributed by atoms with Gasteiger partial charge in [-0.05, 0) is 31.2 Å². The standard InChI is InChI=1S/C23H25N3O5S/c1-16-8-10-18(11-9-16)32(28,29)22-23(26-14-12-25(13-15-26)17(2)27)31-21(24-22)19-6-4-5-7-20(19)30-3/h4-11H,12-15H2,1-3H3. The molecule has 168 valence electrons. The van der Waals surface area contributed by atoms with E-state index in [1.54, 1.807) is 41.3 Å². The maximum Gasteiger partial charge on any atom is 0.236 e. The van der Waals surface area contributed by atoms with Gasteiger partial charge in [-0.2, -0.15) is 4.98 Å². The van der Waals surface area contributed by atoms with Crippen molar-refractivity contribution in [1.82, 2.24) is 9.88 Å². The van der Waals surface area contributed by atoms with Crippen LogP contribution in [-0.2, 0) is 14.6 Å². The molecule has 0 aliphatic carbocycles. The van der Waals surface area contributed by atoms with Crippen LogP contribution in [0.15, 0.2) is 62.9 Å². The van der Waals surface area contributed by atoms with Crippen LogP contribution in [0.25, 0.3) is 11.5 Å². The third-order valence-corrected chi connectivity index (χ3v) is 7.18. The molecule has 1 fully saturated rings. The molecule has 2 aromatic carbocycles. The van der Waals surface area contributed by atoms with Gasteiger partial charge in [0.25, 0.3) is 0 Å². The van der Waals surface area contributed by atoms with Crippen molar-refractivity contribution in [3.8, 4) is 17.2 Å². The molecule has 1 aliphatic rings. The van der Waals surface area contributed by atoms with Crippen LogP contribution in [0.3, 0.4) is 0 Å². The van der Waals surface area contributed by atoms with E-state index in [4.69, 9.17) is 9.15 Å². The third kappa shape index (κ3) is 4.08. The smallest absolute Gasteiger partial charge is 0.236 e. The highest BCUT2D eigenvalue weighted by Crippen LogP contribution is 2.38. The van der Waals surface area contributed by atoms with E-state index >= 15 is 0 Å². The number of carbonyl (C=O) groups excluding carboxylic acids is 1. The maximum absolute atomic E-state index is 13.5. The molecule has 3 aromatic rings. The predicted molar refractivity (Wildman–Crippen MR) is 120 cm³/mol. The van der Waals surface area contributed by atoms with Crippen molar-refractivity contribution in [1.29, 1.82) is 0 Å². The molecule has 2 heterocycles. The van der Waals surface area contributed by atoms with Gasteiger partial charge in [0.2, 0.25) is 32.5 Å². The first-order valence-electron chi connectivity index (χ1n) is 10.3. The number of methoxy groups -OCH3 is 1. The molecule has 0 unspecified atom stereocenters. The number of carbonyl (C=O) groups is 1. The number of nitrogens with zero attached hydrogens (tertiary/aromatic N) is 3. The number of ether oxygens (including phenoxy) is 1. The van der Waals surface area contributed by atoms with Gasteiger partial charge < -0.3 is 19.0 Å². The fourth-order valence-corrected chi connectivity index (χ4v) is 4.98. The molecule has 1 saturated heterocycles. The van der Waals surface area contributed by atoms with E-state index in [1.165, 1.54) is 14.0 Å². The van der Waals surface area contributed by atoms with Crippen LogP contribution < -0.4 is 9.64 Å². The van der Waals surface area contributed by atoms with Crippen LogP contribution in [0.2, 0.25) is 0 Å². The van der Waals surface area contributed by atoms with E-state index < -0.39 is 9.84 Å². The van der Waals surface area contributed by atoms with Crippen molar-refractivity contribution in [3.05, 3.63) is 54.1 Å². The Labute approximate surface area is 187 Å². The molecule has 0 N–H and O–H groups in total. The van der Waals surface area contributed by atoms with Gasteiger partial charge in [0, 0.05) is 33.1 Å². The van der Waals surface area contributed by atoms with Gasteiger partial charge >= 0.3 is 0 Å². The summed E-state index contributed by atoms with van der Waals surface area (Å²) in [4.78, 5) is 19.8. The van der Waals surface area contributed by atoms with Crippen LogP contribution in [0.1, 0.15) is 12.5 Å². The number of anilines is 1. The number of benzene rings is 2. The van der Waals surface area contributed by atoms with Crippen molar-refractivity contribution >= 4 is 21.6 Å². The number of aromatic nitrogens is 1. The molecular formula is C23H25N3O5S. The number of hydrogen-bond donors (Lipinski definition) is 0. The van der Waals surface area contributed by atoms with Crippen LogP contribution in [0.5, 0.6) is 5.75 Å². The fraction of sp³-hybridized carbons (Fsp3) is 0.304. The second-order valence-corrected chi connectivity index (χ2v) is 9.50. The van der Waals surface area contributed by atoms with Crippen molar-refractivity contribution in [2.24, 2.45) is 0 Å². The number of amides is 1. The third-order valence-electron chi connectivity index (χ3n) is 5.51. The number of sulfone groups is 1. The second kappa shape index (κ2) is 8.66. The molecule has 32 heavy (non-hydrogen) atoms. The molecule has 4 rings (SSSR count). The predicted octanol–water partition coefficient (Wildman–Crippen LogP) is 3.16. The zero-order valence-corrected chi connectivity index (χ0v) is 19.1. The summed E-state index contributed by atoms with van der Waals surface area (Å²) in [6.45, 7) is 5.25. The molecular weight excluding hydrogens is 430 g/mol. The van der Waals surface area contributed by atoms with Crippen molar-refractivity contribution in [3.63, 3.8) is 0 Å². The highest BCUT2D eigenvalue weighted by molar-refractivity contribution is 7.91. The summed E-state index contributed by atoms with van der Waals surface area (Å²) in [5.74, 6) is 0.859. The summed E-state index contributed by atoms with van der Waals surface area (Å²) in [6.07, 6.45) is 0. The maximum atomic E-state index is 13.5. The van der Waals surface area contributed by atoms with E-state index in [0.717, 1.165) is 5.56 Å². The van der Waals surface area contributed by atoms with E-state index in [-0.39, 0.29) is 27.6 Å². The van der Waals surface area contributed by atoms with Crippen LogP contribution >= 0.6 is 0 Å². The lowest BCUT2D eigenvalue weighted by Gasteiger charge is -2.34. The summed E-state index contributed by atoms with van der Waals surface area (Å²) >= 11 is 0. The number of para-hydroxylation sites is 1. The molecule has 9 heteroatoms. The fourth-order valence-electron chi connectivity index (χ4n) is 3.66. The number of oxazole rings is 1. The number of hydrogen-bond acceptors (Lipinski definition) is 7. The Bertz CT molecular complexity index is 1230. The zero-order chi connectivity index (χ0) is 22.9. The molecule has 0 atom stereocenters. The van der Waals surface area contributed by atoms with E-state index in [1.807, 2.05) is 24.0 Å².